The predicted octanol–water partition coefficient (Wildman–Crippen LogP) is 0.555. The number of carbonyl (C=O) groups is 2. The van der Waals surface area contributed by atoms with Crippen LogP contribution in [0.25, 0.3) is 0 Å². The van der Waals surface area contributed by atoms with Gasteiger partial charge in [-0.25, -0.2) is 4.79 Å². The molecule has 7 heteroatoms. The van der Waals surface area contributed by atoms with Crippen molar-refractivity contribution in [3.05, 3.63) is 12.2 Å². The molecule has 0 radical (unpaired) electrons. The van der Waals surface area contributed by atoms with Crippen LogP contribution in [-0.2, 0) is 19.1 Å². The van der Waals surface area contributed by atoms with Gasteiger partial charge in [0, 0.05) is 29.7 Å². The summed E-state index contributed by atoms with van der Waals surface area (Å²) < 4.78 is 10.8. The second-order valence-corrected chi connectivity index (χ2v) is 8.52. The van der Waals surface area contributed by atoms with E-state index in [1.54, 1.807) is 6.92 Å². The molecule has 26 heavy (non-hydrogen) atoms. The van der Waals surface area contributed by atoms with Gasteiger partial charge in [0.25, 0.3) is 0 Å². The molecule has 146 valence electrons. The van der Waals surface area contributed by atoms with Crippen molar-refractivity contribution >= 4 is 11.9 Å². The molecule has 1 saturated heterocycles. The van der Waals surface area contributed by atoms with Crippen molar-refractivity contribution in [3.8, 4) is 0 Å². The van der Waals surface area contributed by atoms with E-state index in [0.717, 1.165) is 0 Å². The normalized spacial score (nSPS) is 45.1. The van der Waals surface area contributed by atoms with Crippen LogP contribution in [0.4, 0.5) is 0 Å². The van der Waals surface area contributed by atoms with E-state index in [9.17, 15) is 24.9 Å². The van der Waals surface area contributed by atoms with E-state index in [-0.39, 0.29) is 36.7 Å². The molecule has 8 unspecified atom stereocenters. The Morgan fingerprint density at radius 2 is 2.00 bits per heavy atom. The number of aliphatic hydroxyl groups excluding tert-OH is 3. The van der Waals surface area contributed by atoms with E-state index in [1.807, 2.05) is 13.8 Å². The van der Waals surface area contributed by atoms with Crippen LogP contribution >= 0.6 is 0 Å². The van der Waals surface area contributed by atoms with Gasteiger partial charge in [0.15, 0.2) is 0 Å². The van der Waals surface area contributed by atoms with Crippen molar-refractivity contribution < 1.29 is 34.4 Å². The SMILES string of the molecule is C=C1C(=O)OC2C(O)CC3C(OC(=O)CC(C)C)CC(O)C3(C)C(O)C12. The molecule has 2 aliphatic carbocycles. The number of rotatable bonds is 3. The molecule has 1 aliphatic heterocycles. The topological polar surface area (TPSA) is 113 Å². The van der Waals surface area contributed by atoms with Crippen molar-refractivity contribution in [2.45, 2.75) is 70.6 Å². The number of aliphatic hydroxyl groups is 3. The van der Waals surface area contributed by atoms with Crippen LogP contribution in [-0.4, -0.2) is 57.8 Å². The van der Waals surface area contributed by atoms with Crippen LogP contribution in [0.15, 0.2) is 12.2 Å². The highest BCUT2D eigenvalue weighted by Gasteiger charge is 2.64. The molecule has 0 aromatic heterocycles. The van der Waals surface area contributed by atoms with Gasteiger partial charge < -0.3 is 24.8 Å². The minimum atomic E-state index is -1.14. The van der Waals surface area contributed by atoms with E-state index in [1.165, 1.54) is 0 Å². The Balaban J connectivity index is 1.90. The van der Waals surface area contributed by atoms with Gasteiger partial charge >= 0.3 is 11.9 Å². The summed E-state index contributed by atoms with van der Waals surface area (Å²) in [6.45, 7) is 9.24. The summed E-state index contributed by atoms with van der Waals surface area (Å²) >= 11 is 0. The third-order valence-corrected chi connectivity index (χ3v) is 6.39. The quantitative estimate of drug-likeness (QED) is 0.492. The molecular formula is C19H28O7. The number of fused-ring (bicyclic) bond motifs is 2. The fourth-order valence-electron chi connectivity index (χ4n) is 4.86. The first kappa shape index (κ1) is 19.3. The summed E-state index contributed by atoms with van der Waals surface area (Å²) in [4.78, 5) is 24.0. The lowest BCUT2D eigenvalue weighted by Gasteiger charge is -2.40. The average Bonchev–Trinajstić information content (AvgIpc) is 2.92. The van der Waals surface area contributed by atoms with Crippen LogP contribution in [0.5, 0.6) is 0 Å². The zero-order chi connectivity index (χ0) is 19.4. The van der Waals surface area contributed by atoms with Crippen LogP contribution in [0.1, 0.15) is 40.0 Å². The number of carbonyl (C=O) groups excluding carboxylic acids is 2. The molecule has 2 saturated carbocycles. The van der Waals surface area contributed by atoms with Gasteiger partial charge in [-0.3, -0.25) is 4.79 Å². The number of ether oxygens (including phenoxy) is 2. The van der Waals surface area contributed by atoms with E-state index >= 15 is 0 Å². The number of hydrogen-bond acceptors (Lipinski definition) is 7. The predicted molar refractivity (Wildman–Crippen MR) is 90.7 cm³/mol. The van der Waals surface area contributed by atoms with Crippen molar-refractivity contribution in [1.29, 1.82) is 0 Å². The summed E-state index contributed by atoms with van der Waals surface area (Å²) in [5.41, 5.74) is -0.934. The van der Waals surface area contributed by atoms with Gasteiger partial charge in [-0.1, -0.05) is 27.4 Å². The third-order valence-electron chi connectivity index (χ3n) is 6.39. The molecule has 3 rings (SSSR count). The van der Waals surface area contributed by atoms with E-state index < -0.39 is 53.7 Å². The monoisotopic (exact) mass is 368 g/mol. The van der Waals surface area contributed by atoms with Crippen LogP contribution in [0.2, 0.25) is 0 Å². The van der Waals surface area contributed by atoms with Crippen LogP contribution in [0, 0.1) is 23.2 Å². The van der Waals surface area contributed by atoms with Crippen LogP contribution < -0.4 is 0 Å². The second-order valence-electron chi connectivity index (χ2n) is 8.52. The first-order valence-corrected chi connectivity index (χ1v) is 9.20. The lowest BCUT2D eigenvalue weighted by molar-refractivity contribution is -0.154. The largest absolute Gasteiger partial charge is 0.462 e. The first-order valence-electron chi connectivity index (χ1n) is 9.20. The molecule has 3 N–H and O–H groups in total. The van der Waals surface area contributed by atoms with Crippen molar-refractivity contribution in [2.75, 3.05) is 0 Å². The van der Waals surface area contributed by atoms with Crippen molar-refractivity contribution in [2.24, 2.45) is 23.2 Å². The van der Waals surface area contributed by atoms with E-state index in [2.05, 4.69) is 6.58 Å². The van der Waals surface area contributed by atoms with Gasteiger partial charge in [0.2, 0.25) is 0 Å². The Morgan fingerprint density at radius 3 is 2.62 bits per heavy atom. The smallest absolute Gasteiger partial charge is 0.334 e. The molecule has 8 atom stereocenters. The molecular weight excluding hydrogens is 340 g/mol. The molecule has 0 spiro atoms. The summed E-state index contributed by atoms with van der Waals surface area (Å²) in [7, 11) is 0. The van der Waals surface area contributed by atoms with Crippen molar-refractivity contribution in [1.82, 2.24) is 0 Å². The highest BCUT2D eigenvalue weighted by atomic mass is 16.6. The van der Waals surface area contributed by atoms with E-state index in [0.29, 0.717) is 0 Å². The second kappa shape index (κ2) is 6.62. The first-order chi connectivity index (χ1) is 12.1. The summed E-state index contributed by atoms with van der Waals surface area (Å²) in [5.74, 6) is -2.08. The highest BCUT2D eigenvalue weighted by Crippen LogP contribution is 2.56. The maximum Gasteiger partial charge on any atom is 0.334 e. The molecule has 0 amide bonds. The lowest BCUT2D eigenvalue weighted by Crippen LogP contribution is -2.48. The Hall–Kier alpha value is -1.44. The standard InChI is InChI=1S/C19H28O7/c1-8(2)5-14(22)25-12-7-13(21)19(4)10(12)6-11(20)16-15(17(19)23)9(3)18(24)26-16/h8,10-13,15-17,20-21,23H,3,5-7H2,1-2,4H3. The zero-order valence-electron chi connectivity index (χ0n) is 15.4. The van der Waals surface area contributed by atoms with E-state index in [4.69, 9.17) is 9.47 Å². The van der Waals surface area contributed by atoms with Gasteiger partial charge in [0.1, 0.15) is 12.2 Å². The number of hydrogen-bond donors (Lipinski definition) is 3. The minimum Gasteiger partial charge on any atom is -0.462 e. The fourth-order valence-corrected chi connectivity index (χ4v) is 4.86. The Bertz CT molecular complexity index is 615. The fraction of sp³-hybridized carbons (Fsp3) is 0.789. The van der Waals surface area contributed by atoms with Crippen LogP contribution in [0.3, 0.4) is 0 Å². The Morgan fingerprint density at radius 1 is 1.35 bits per heavy atom. The molecule has 7 nitrogen and oxygen atoms in total. The summed E-state index contributed by atoms with van der Waals surface area (Å²) in [5, 5.41) is 32.4. The summed E-state index contributed by atoms with van der Waals surface area (Å²) in [6, 6.07) is 0. The van der Waals surface area contributed by atoms with Gasteiger partial charge in [-0.05, 0) is 12.3 Å². The molecule has 0 aromatic rings. The Labute approximate surface area is 153 Å². The molecule has 3 fully saturated rings. The van der Waals surface area contributed by atoms with Gasteiger partial charge in [-0.15, -0.1) is 0 Å². The lowest BCUT2D eigenvalue weighted by atomic mass is 9.69. The maximum atomic E-state index is 12.1. The summed E-state index contributed by atoms with van der Waals surface area (Å²) in [6.07, 6.45) is -3.99. The zero-order valence-corrected chi connectivity index (χ0v) is 15.4. The van der Waals surface area contributed by atoms with Gasteiger partial charge in [-0.2, -0.15) is 0 Å². The Kier molecular flexibility index (Phi) is 4.92. The molecule has 0 bridgehead atoms. The third kappa shape index (κ3) is 2.86. The molecule has 1 heterocycles. The highest BCUT2D eigenvalue weighted by molar-refractivity contribution is 5.91. The molecule has 3 aliphatic rings. The maximum absolute atomic E-state index is 12.1. The number of esters is 2. The average molecular weight is 368 g/mol. The van der Waals surface area contributed by atoms with Crippen molar-refractivity contribution in [3.63, 3.8) is 0 Å². The van der Waals surface area contributed by atoms with Gasteiger partial charge in [0.05, 0.1) is 24.2 Å². The minimum absolute atomic E-state index is 0.107. The molecule has 0 aromatic carbocycles.